The summed E-state index contributed by atoms with van der Waals surface area (Å²) in [6.45, 7) is 5.23. The molecule has 20 heavy (non-hydrogen) atoms. The number of nitrogens with one attached hydrogen (secondary N) is 1. The Balaban J connectivity index is 3.14. The van der Waals surface area contributed by atoms with Gasteiger partial charge in [-0.2, -0.15) is 0 Å². The first-order valence-electron chi connectivity index (χ1n) is 6.28. The summed E-state index contributed by atoms with van der Waals surface area (Å²) in [4.78, 5) is 11.7. The van der Waals surface area contributed by atoms with Crippen LogP contribution in [0.1, 0.15) is 27.2 Å². The van der Waals surface area contributed by atoms with Crippen LogP contribution in [0.5, 0.6) is 0 Å². The quantitative estimate of drug-likeness (QED) is 0.754. The highest BCUT2D eigenvalue weighted by Crippen LogP contribution is 2.31. The van der Waals surface area contributed by atoms with Gasteiger partial charge in [0.05, 0.1) is 4.90 Å². The zero-order chi connectivity index (χ0) is 15.3. The van der Waals surface area contributed by atoms with E-state index in [0.29, 0.717) is 11.3 Å². The standard InChI is InChI=1S/C13H19NO4S2/c1-4-10(13(15)16)19-11-7-5-6-8-12(11)20(17,18)14-9(2)3/h5-10,14H,4H2,1-3H3,(H,15,16). The molecule has 0 saturated heterocycles. The zero-order valence-electron chi connectivity index (χ0n) is 11.7. The van der Waals surface area contributed by atoms with E-state index in [9.17, 15) is 13.2 Å². The van der Waals surface area contributed by atoms with Crippen LogP contribution in [-0.2, 0) is 14.8 Å². The van der Waals surface area contributed by atoms with Gasteiger partial charge in [0.2, 0.25) is 10.0 Å². The maximum Gasteiger partial charge on any atom is 0.316 e. The van der Waals surface area contributed by atoms with Crippen LogP contribution in [0.4, 0.5) is 0 Å². The van der Waals surface area contributed by atoms with Crippen molar-refractivity contribution in [2.75, 3.05) is 0 Å². The number of rotatable bonds is 7. The van der Waals surface area contributed by atoms with Gasteiger partial charge >= 0.3 is 5.97 Å². The highest BCUT2D eigenvalue weighted by Gasteiger charge is 2.23. The van der Waals surface area contributed by atoms with E-state index < -0.39 is 21.2 Å². The summed E-state index contributed by atoms with van der Waals surface area (Å²) in [6.07, 6.45) is 0.423. The Bertz CT molecular complexity index is 569. The second-order valence-corrected chi connectivity index (χ2v) is 7.50. The fourth-order valence-corrected chi connectivity index (χ4v) is 4.33. The van der Waals surface area contributed by atoms with Crippen LogP contribution in [0.25, 0.3) is 0 Å². The summed E-state index contributed by atoms with van der Waals surface area (Å²) < 4.78 is 27.0. The Hall–Kier alpha value is -1.05. The molecule has 0 aliphatic carbocycles. The number of hydrogen-bond donors (Lipinski definition) is 2. The van der Waals surface area contributed by atoms with E-state index in [-0.39, 0.29) is 10.9 Å². The Labute approximate surface area is 123 Å². The molecule has 1 aromatic carbocycles. The molecule has 1 atom stereocenters. The smallest absolute Gasteiger partial charge is 0.316 e. The van der Waals surface area contributed by atoms with Gasteiger partial charge in [-0.15, -0.1) is 11.8 Å². The lowest BCUT2D eigenvalue weighted by Crippen LogP contribution is -2.30. The third-order valence-electron chi connectivity index (χ3n) is 2.44. The van der Waals surface area contributed by atoms with Crippen molar-refractivity contribution in [3.63, 3.8) is 0 Å². The highest BCUT2D eigenvalue weighted by atomic mass is 32.2. The predicted molar refractivity (Wildman–Crippen MR) is 79.5 cm³/mol. The first kappa shape index (κ1) is 17.0. The van der Waals surface area contributed by atoms with Crippen molar-refractivity contribution in [1.82, 2.24) is 4.72 Å². The molecule has 7 heteroatoms. The SMILES string of the molecule is CCC(Sc1ccccc1S(=O)(=O)NC(C)C)C(=O)O. The lowest BCUT2D eigenvalue weighted by molar-refractivity contribution is -0.136. The van der Waals surface area contributed by atoms with Crippen LogP contribution in [0.3, 0.4) is 0 Å². The van der Waals surface area contributed by atoms with E-state index in [1.807, 2.05) is 0 Å². The van der Waals surface area contributed by atoms with Crippen molar-refractivity contribution < 1.29 is 18.3 Å². The Morgan fingerprint density at radius 2 is 1.95 bits per heavy atom. The number of sulfonamides is 1. The van der Waals surface area contributed by atoms with E-state index in [1.165, 1.54) is 6.07 Å². The van der Waals surface area contributed by atoms with Gasteiger partial charge in [0.15, 0.2) is 0 Å². The number of hydrogen-bond acceptors (Lipinski definition) is 4. The summed E-state index contributed by atoms with van der Waals surface area (Å²) in [5.41, 5.74) is 0. The van der Waals surface area contributed by atoms with E-state index in [4.69, 9.17) is 5.11 Å². The minimum Gasteiger partial charge on any atom is -0.480 e. The lowest BCUT2D eigenvalue weighted by atomic mass is 10.3. The van der Waals surface area contributed by atoms with Crippen LogP contribution in [0.2, 0.25) is 0 Å². The number of thioether (sulfide) groups is 1. The molecule has 0 amide bonds. The van der Waals surface area contributed by atoms with E-state index in [0.717, 1.165) is 11.8 Å². The molecule has 0 aromatic heterocycles. The van der Waals surface area contributed by atoms with Crippen molar-refractivity contribution in [3.8, 4) is 0 Å². The number of aliphatic carboxylic acids is 1. The molecule has 0 heterocycles. The van der Waals surface area contributed by atoms with E-state index in [1.54, 1.807) is 39.0 Å². The first-order chi connectivity index (χ1) is 9.27. The molecule has 1 unspecified atom stereocenters. The molecule has 0 saturated carbocycles. The van der Waals surface area contributed by atoms with Crippen molar-refractivity contribution in [3.05, 3.63) is 24.3 Å². The summed E-state index contributed by atoms with van der Waals surface area (Å²) >= 11 is 1.06. The second-order valence-electron chi connectivity index (χ2n) is 4.58. The van der Waals surface area contributed by atoms with Crippen LogP contribution in [0, 0.1) is 0 Å². The van der Waals surface area contributed by atoms with Crippen LogP contribution >= 0.6 is 11.8 Å². The van der Waals surface area contributed by atoms with Gasteiger partial charge in [-0.25, -0.2) is 13.1 Å². The summed E-state index contributed by atoms with van der Waals surface area (Å²) in [5, 5.41) is 8.43. The molecule has 1 rings (SSSR count). The van der Waals surface area contributed by atoms with Gasteiger partial charge < -0.3 is 5.11 Å². The van der Waals surface area contributed by atoms with E-state index in [2.05, 4.69) is 4.72 Å². The number of carboxylic acid groups (broad SMARTS) is 1. The molecule has 2 N–H and O–H groups in total. The van der Waals surface area contributed by atoms with Crippen molar-refractivity contribution >= 4 is 27.8 Å². The molecule has 0 radical (unpaired) electrons. The molecule has 0 aliphatic rings. The topological polar surface area (TPSA) is 83.5 Å². The number of benzene rings is 1. The minimum atomic E-state index is -3.63. The Kier molecular flexibility index (Phi) is 6.04. The number of carbonyl (C=O) groups is 1. The largest absolute Gasteiger partial charge is 0.480 e. The van der Waals surface area contributed by atoms with Gasteiger partial charge in [0, 0.05) is 10.9 Å². The molecular weight excluding hydrogens is 298 g/mol. The minimum absolute atomic E-state index is 0.124. The molecule has 5 nitrogen and oxygen atoms in total. The van der Waals surface area contributed by atoms with Crippen LogP contribution < -0.4 is 4.72 Å². The fraction of sp³-hybridized carbons (Fsp3) is 0.462. The monoisotopic (exact) mass is 317 g/mol. The van der Waals surface area contributed by atoms with E-state index >= 15 is 0 Å². The van der Waals surface area contributed by atoms with Gasteiger partial charge in [-0.3, -0.25) is 4.79 Å². The molecule has 0 bridgehead atoms. The lowest BCUT2D eigenvalue weighted by Gasteiger charge is -2.15. The fourth-order valence-electron chi connectivity index (χ4n) is 1.60. The molecular formula is C13H19NO4S2. The number of carboxylic acids is 1. The van der Waals surface area contributed by atoms with Crippen molar-refractivity contribution in [1.29, 1.82) is 0 Å². The average Bonchev–Trinajstić information content (AvgIpc) is 2.34. The maximum absolute atomic E-state index is 12.2. The summed E-state index contributed by atoms with van der Waals surface area (Å²) in [6, 6.07) is 6.22. The molecule has 0 fully saturated rings. The second kappa shape index (κ2) is 7.10. The Morgan fingerprint density at radius 1 is 1.35 bits per heavy atom. The highest BCUT2D eigenvalue weighted by molar-refractivity contribution is 8.01. The normalized spacial score (nSPS) is 13.4. The summed E-state index contributed by atoms with van der Waals surface area (Å²) in [5.74, 6) is -0.943. The van der Waals surface area contributed by atoms with Crippen molar-refractivity contribution in [2.45, 2.75) is 48.3 Å². The molecule has 1 aromatic rings. The van der Waals surface area contributed by atoms with Crippen LogP contribution in [-0.4, -0.2) is 30.8 Å². The third-order valence-corrected chi connectivity index (χ3v) is 5.72. The summed E-state index contributed by atoms with van der Waals surface area (Å²) in [7, 11) is -3.63. The average molecular weight is 317 g/mol. The van der Waals surface area contributed by atoms with Gasteiger partial charge in [-0.1, -0.05) is 19.1 Å². The Morgan fingerprint density at radius 3 is 2.45 bits per heavy atom. The zero-order valence-corrected chi connectivity index (χ0v) is 13.3. The predicted octanol–water partition coefficient (Wildman–Crippen LogP) is 2.33. The van der Waals surface area contributed by atoms with Gasteiger partial charge in [-0.05, 0) is 32.4 Å². The molecule has 0 aliphatic heterocycles. The van der Waals surface area contributed by atoms with Crippen LogP contribution in [0.15, 0.2) is 34.1 Å². The molecule has 0 spiro atoms. The molecule has 112 valence electrons. The first-order valence-corrected chi connectivity index (χ1v) is 8.65. The third kappa shape index (κ3) is 4.50. The maximum atomic E-state index is 12.2. The van der Waals surface area contributed by atoms with Gasteiger partial charge in [0.25, 0.3) is 0 Å². The van der Waals surface area contributed by atoms with Crippen molar-refractivity contribution in [2.24, 2.45) is 0 Å². The van der Waals surface area contributed by atoms with Gasteiger partial charge in [0.1, 0.15) is 5.25 Å².